The highest BCUT2D eigenvalue weighted by Gasteiger charge is 2.41. The Hall–Kier alpha value is -1.80. The standard InChI is InChI=1S/C13H12N2/c1-13(11(8-14)9-15)7-6-10-4-2-3-5-12(10)13/h2-5,11H,6-7H2,1H3. The zero-order chi connectivity index (χ0) is 10.9. The summed E-state index contributed by atoms with van der Waals surface area (Å²) in [5.41, 5.74) is 2.19. The number of nitrogens with zero attached hydrogens (tertiary/aromatic N) is 2. The second kappa shape index (κ2) is 3.41. The van der Waals surface area contributed by atoms with Gasteiger partial charge < -0.3 is 0 Å². The summed E-state index contributed by atoms with van der Waals surface area (Å²) in [4.78, 5) is 0. The highest BCUT2D eigenvalue weighted by molar-refractivity contribution is 5.42. The largest absolute Gasteiger partial charge is 0.197 e. The fraction of sp³-hybridized carbons (Fsp3) is 0.385. The van der Waals surface area contributed by atoms with Crippen molar-refractivity contribution >= 4 is 0 Å². The van der Waals surface area contributed by atoms with Crippen LogP contribution in [0.5, 0.6) is 0 Å². The van der Waals surface area contributed by atoms with E-state index < -0.39 is 5.92 Å². The number of hydrogen-bond acceptors (Lipinski definition) is 2. The lowest BCUT2D eigenvalue weighted by Gasteiger charge is -2.25. The smallest absolute Gasteiger partial charge is 0.142 e. The number of nitriles is 2. The molecular formula is C13H12N2. The third-order valence-corrected chi connectivity index (χ3v) is 3.44. The quantitative estimate of drug-likeness (QED) is 0.693. The SMILES string of the molecule is CC1(C(C#N)C#N)CCc2ccccc21. The molecule has 2 rings (SSSR count). The minimum Gasteiger partial charge on any atom is -0.197 e. The molecule has 0 radical (unpaired) electrons. The maximum atomic E-state index is 9.00. The van der Waals surface area contributed by atoms with Gasteiger partial charge in [0.2, 0.25) is 0 Å². The van der Waals surface area contributed by atoms with Gasteiger partial charge in [-0.15, -0.1) is 0 Å². The van der Waals surface area contributed by atoms with Crippen LogP contribution in [-0.4, -0.2) is 0 Å². The van der Waals surface area contributed by atoms with Crippen LogP contribution in [0.1, 0.15) is 24.5 Å². The van der Waals surface area contributed by atoms with Gasteiger partial charge in [0.25, 0.3) is 0 Å². The summed E-state index contributed by atoms with van der Waals surface area (Å²) < 4.78 is 0. The second-order valence-corrected chi connectivity index (χ2v) is 4.27. The molecule has 0 amide bonds. The van der Waals surface area contributed by atoms with E-state index in [0.29, 0.717) is 0 Å². The van der Waals surface area contributed by atoms with Gasteiger partial charge in [0.15, 0.2) is 0 Å². The van der Waals surface area contributed by atoms with E-state index >= 15 is 0 Å². The van der Waals surface area contributed by atoms with Gasteiger partial charge in [0.1, 0.15) is 5.92 Å². The van der Waals surface area contributed by atoms with Crippen molar-refractivity contribution in [1.82, 2.24) is 0 Å². The van der Waals surface area contributed by atoms with Crippen LogP contribution in [0.15, 0.2) is 24.3 Å². The van der Waals surface area contributed by atoms with Crippen molar-refractivity contribution in [3.63, 3.8) is 0 Å². The average Bonchev–Trinajstić information content (AvgIpc) is 2.60. The number of benzene rings is 1. The molecule has 0 aliphatic heterocycles. The monoisotopic (exact) mass is 196 g/mol. The number of aryl methyl sites for hydroxylation is 1. The summed E-state index contributed by atoms with van der Waals surface area (Å²) in [6, 6.07) is 12.4. The van der Waals surface area contributed by atoms with E-state index in [1.807, 2.05) is 25.1 Å². The Labute approximate surface area is 89.8 Å². The third-order valence-electron chi connectivity index (χ3n) is 3.44. The van der Waals surface area contributed by atoms with Gasteiger partial charge >= 0.3 is 0 Å². The molecule has 0 saturated carbocycles. The van der Waals surface area contributed by atoms with Crippen LogP contribution >= 0.6 is 0 Å². The maximum Gasteiger partial charge on any atom is 0.142 e. The predicted molar refractivity (Wildman–Crippen MR) is 56.8 cm³/mol. The van der Waals surface area contributed by atoms with Gasteiger partial charge in [-0.3, -0.25) is 0 Å². The molecule has 0 bridgehead atoms. The molecule has 0 fully saturated rings. The second-order valence-electron chi connectivity index (χ2n) is 4.27. The zero-order valence-electron chi connectivity index (χ0n) is 8.70. The summed E-state index contributed by atoms with van der Waals surface area (Å²) >= 11 is 0. The highest BCUT2D eigenvalue weighted by atomic mass is 14.5. The molecule has 0 heterocycles. The Kier molecular flexibility index (Phi) is 2.21. The van der Waals surface area contributed by atoms with Gasteiger partial charge in [-0.25, -0.2) is 0 Å². The summed E-state index contributed by atoms with van der Waals surface area (Å²) in [6.45, 7) is 2.02. The number of fused-ring (bicyclic) bond motifs is 1. The fourth-order valence-electron chi connectivity index (χ4n) is 2.44. The fourth-order valence-corrected chi connectivity index (χ4v) is 2.44. The van der Waals surface area contributed by atoms with Crippen LogP contribution in [0.3, 0.4) is 0 Å². The minimum atomic E-state index is -0.541. The molecule has 2 nitrogen and oxygen atoms in total. The molecule has 1 aromatic rings. The lowest BCUT2D eigenvalue weighted by Crippen LogP contribution is -2.27. The molecule has 1 aliphatic carbocycles. The number of rotatable bonds is 1. The van der Waals surface area contributed by atoms with Crippen LogP contribution in [0.4, 0.5) is 0 Å². The van der Waals surface area contributed by atoms with E-state index in [9.17, 15) is 0 Å². The van der Waals surface area contributed by atoms with Gasteiger partial charge in [0, 0.05) is 5.41 Å². The first-order chi connectivity index (χ1) is 7.22. The van der Waals surface area contributed by atoms with E-state index in [1.165, 1.54) is 11.1 Å². The van der Waals surface area contributed by atoms with Crippen LogP contribution in [0.25, 0.3) is 0 Å². The van der Waals surface area contributed by atoms with E-state index in [-0.39, 0.29) is 5.41 Å². The highest BCUT2D eigenvalue weighted by Crippen LogP contribution is 2.43. The van der Waals surface area contributed by atoms with Crippen LogP contribution in [0.2, 0.25) is 0 Å². The Morgan fingerprint density at radius 1 is 1.27 bits per heavy atom. The molecule has 0 N–H and O–H groups in total. The summed E-state index contributed by atoms with van der Waals surface area (Å²) in [6.07, 6.45) is 1.88. The first-order valence-corrected chi connectivity index (χ1v) is 5.10. The average molecular weight is 196 g/mol. The lowest BCUT2D eigenvalue weighted by molar-refractivity contribution is 0.413. The summed E-state index contributed by atoms with van der Waals surface area (Å²) in [5.74, 6) is -0.541. The Balaban J connectivity index is 2.51. The van der Waals surface area contributed by atoms with Crippen LogP contribution in [-0.2, 0) is 11.8 Å². The van der Waals surface area contributed by atoms with Crippen molar-refractivity contribution in [3.8, 4) is 12.1 Å². The molecule has 1 aliphatic rings. The minimum absolute atomic E-state index is 0.278. The Bertz CT molecular complexity index is 450. The molecule has 1 atom stereocenters. The van der Waals surface area contributed by atoms with Crippen LogP contribution < -0.4 is 0 Å². The van der Waals surface area contributed by atoms with Crippen molar-refractivity contribution in [2.75, 3.05) is 0 Å². The molecule has 1 aromatic carbocycles. The summed E-state index contributed by atoms with van der Waals surface area (Å²) in [5, 5.41) is 18.0. The lowest BCUT2D eigenvalue weighted by atomic mass is 9.74. The normalized spacial score (nSPS) is 23.2. The Morgan fingerprint density at radius 2 is 1.93 bits per heavy atom. The van der Waals surface area contributed by atoms with Gasteiger partial charge in [-0.05, 0) is 24.0 Å². The molecular weight excluding hydrogens is 184 g/mol. The van der Waals surface area contributed by atoms with Crippen molar-refractivity contribution < 1.29 is 0 Å². The van der Waals surface area contributed by atoms with Crippen LogP contribution in [0, 0.1) is 28.6 Å². The first kappa shape index (κ1) is 9.74. The van der Waals surface area contributed by atoms with Crippen molar-refractivity contribution in [3.05, 3.63) is 35.4 Å². The van der Waals surface area contributed by atoms with Crippen molar-refractivity contribution in [2.45, 2.75) is 25.2 Å². The Morgan fingerprint density at radius 3 is 2.60 bits per heavy atom. The van der Waals surface area contributed by atoms with Gasteiger partial charge in [-0.2, -0.15) is 10.5 Å². The zero-order valence-corrected chi connectivity index (χ0v) is 8.70. The molecule has 0 spiro atoms. The molecule has 2 heteroatoms. The first-order valence-electron chi connectivity index (χ1n) is 5.10. The van der Waals surface area contributed by atoms with E-state index in [0.717, 1.165) is 12.8 Å². The molecule has 15 heavy (non-hydrogen) atoms. The van der Waals surface area contributed by atoms with E-state index in [2.05, 4.69) is 18.2 Å². The topological polar surface area (TPSA) is 47.6 Å². The predicted octanol–water partition coefficient (Wildman–Crippen LogP) is 2.55. The third kappa shape index (κ3) is 1.30. The molecule has 1 unspecified atom stereocenters. The van der Waals surface area contributed by atoms with Gasteiger partial charge in [0.05, 0.1) is 12.1 Å². The molecule has 0 saturated heterocycles. The van der Waals surface area contributed by atoms with Crippen molar-refractivity contribution in [1.29, 1.82) is 10.5 Å². The van der Waals surface area contributed by atoms with Gasteiger partial charge in [-0.1, -0.05) is 31.2 Å². The number of hydrogen-bond donors (Lipinski definition) is 0. The molecule has 0 aromatic heterocycles. The van der Waals surface area contributed by atoms with E-state index in [4.69, 9.17) is 10.5 Å². The van der Waals surface area contributed by atoms with E-state index in [1.54, 1.807) is 0 Å². The summed E-state index contributed by atoms with van der Waals surface area (Å²) in [7, 11) is 0. The molecule has 74 valence electrons. The maximum absolute atomic E-state index is 9.00. The van der Waals surface area contributed by atoms with Crippen molar-refractivity contribution in [2.24, 2.45) is 5.92 Å².